The predicted molar refractivity (Wildman–Crippen MR) is 69.0 cm³/mol. The molecule has 0 spiro atoms. The molecule has 0 N–H and O–H groups in total. The van der Waals surface area contributed by atoms with E-state index >= 15 is 0 Å². The molecule has 0 saturated carbocycles. The predicted octanol–water partition coefficient (Wildman–Crippen LogP) is 2.46. The molecule has 0 saturated heterocycles. The van der Waals surface area contributed by atoms with Crippen LogP contribution in [0.5, 0.6) is 0 Å². The molecule has 0 aromatic carbocycles. The van der Waals surface area contributed by atoms with Gasteiger partial charge in [0.25, 0.3) is 5.91 Å². The fourth-order valence-corrected chi connectivity index (χ4v) is 1.69. The molecule has 0 aliphatic carbocycles. The summed E-state index contributed by atoms with van der Waals surface area (Å²) in [4.78, 5) is 17.5. The summed E-state index contributed by atoms with van der Waals surface area (Å²) in [7, 11) is 1.63. The fourth-order valence-electron chi connectivity index (χ4n) is 1.37. The summed E-state index contributed by atoms with van der Waals surface area (Å²) >= 11 is 11.5. The Morgan fingerprint density at radius 1 is 1.22 bits per heavy atom. The average molecular weight is 283 g/mol. The van der Waals surface area contributed by atoms with E-state index in [1.807, 2.05) is 0 Å². The summed E-state index contributed by atoms with van der Waals surface area (Å²) in [5.74, 6) is -0.317. The maximum absolute atomic E-state index is 12.2. The van der Waals surface area contributed by atoms with Crippen molar-refractivity contribution in [1.29, 1.82) is 0 Å². The quantitative estimate of drug-likeness (QED) is 0.849. The Balaban J connectivity index is 2.34. The third-order valence-corrected chi connectivity index (χ3v) is 2.77. The number of anilines is 1. The number of carbonyl (C=O) groups is 1. The number of hydrogen-bond acceptors (Lipinski definition) is 4. The summed E-state index contributed by atoms with van der Waals surface area (Å²) in [5.41, 5.74) is 0.898. The van der Waals surface area contributed by atoms with Crippen LogP contribution >= 0.6 is 23.2 Å². The van der Waals surface area contributed by atoms with Crippen LogP contribution in [0.15, 0.2) is 30.6 Å². The molecule has 0 unspecified atom stereocenters. The minimum Gasteiger partial charge on any atom is -0.311 e. The summed E-state index contributed by atoms with van der Waals surface area (Å²) in [6.07, 6.45) is 3.19. The largest absolute Gasteiger partial charge is 0.311 e. The molecule has 0 atom stereocenters. The molecule has 18 heavy (non-hydrogen) atoms. The normalized spacial score (nSPS) is 10.2. The number of carbonyl (C=O) groups excluding carboxylic acids is 1. The van der Waals surface area contributed by atoms with Crippen molar-refractivity contribution in [2.45, 2.75) is 0 Å². The van der Waals surface area contributed by atoms with Gasteiger partial charge >= 0.3 is 0 Å². The van der Waals surface area contributed by atoms with E-state index < -0.39 is 0 Å². The number of halogens is 2. The van der Waals surface area contributed by atoms with Crippen LogP contribution in [0.1, 0.15) is 10.4 Å². The Morgan fingerprint density at radius 2 is 1.89 bits per heavy atom. The molecule has 2 aromatic rings. The number of pyridine rings is 1. The summed E-state index contributed by atoms with van der Waals surface area (Å²) in [5, 5.41) is 7.29. The Morgan fingerprint density at radius 3 is 2.56 bits per heavy atom. The minimum absolute atomic E-state index is 0.0188. The lowest BCUT2D eigenvalue weighted by atomic mass is 10.2. The van der Waals surface area contributed by atoms with Gasteiger partial charge in [-0.2, -0.15) is 0 Å². The van der Waals surface area contributed by atoms with Crippen LogP contribution in [0, 0.1) is 0 Å². The number of rotatable bonds is 2. The van der Waals surface area contributed by atoms with E-state index in [0.29, 0.717) is 5.69 Å². The van der Waals surface area contributed by atoms with E-state index in [2.05, 4.69) is 15.2 Å². The van der Waals surface area contributed by atoms with Gasteiger partial charge < -0.3 is 4.90 Å². The highest BCUT2D eigenvalue weighted by molar-refractivity contribution is 6.34. The van der Waals surface area contributed by atoms with Gasteiger partial charge in [-0.15, -0.1) is 10.2 Å². The minimum atomic E-state index is -0.317. The van der Waals surface area contributed by atoms with Gasteiger partial charge in [0.2, 0.25) is 0 Å². The number of amides is 1. The van der Waals surface area contributed by atoms with Crippen molar-refractivity contribution in [2.24, 2.45) is 0 Å². The van der Waals surface area contributed by atoms with Gasteiger partial charge in [0.1, 0.15) is 0 Å². The summed E-state index contributed by atoms with van der Waals surface area (Å²) < 4.78 is 0. The molecule has 0 aliphatic heterocycles. The smallest absolute Gasteiger partial charge is 0.261 e. The van der Waals surface area contributed by atoms with Crippen LogP contribution in [-0.4, -0.2) is 28.1 Å². The van der Waals surface area contributed by atoms with Crippen LogP contribution in [-0.2, 0) is 0 Å². The van der Waals surface area contributed by atoms with Gasteiger partial charge in [-0.05, 0) is 18.2 Å². The molecule has 0 bridgehead atoms. The first-order chi connectivity index (χ1) is 8.59. The Labute approximate surface area is 113 Å². The second-order valence-electron chi connectivity index (χ2n) is 3.44. The van der Waals surface area contributed by atoms with Crippen molar-refractivity contribution >= 4 is 34.8 Å². The Bertz CT molecular complexity index is 577. The second kappa shape index (κ2) is 5.29. The van der Waals surface area contributed by atoms with Crippen molar-refractivity contribution in [1.82, 2.24) is 15.2 Å². The fraction of sp³-hybridized carbons (Fsp3) is 0.0909. The zero-order chi connectivity index (χ0) is 13.1. The lowest BCUT2D eigenvalue weighted by Crippen LogP contribution is -2.26. The number of aromatic nitrogens is 3. The van der Waals surface area contributed by atoms with Gasteiger partial charge in [-0.3, -0.25) is 9.78 Å². The zero-order valence-electron chi connectivity index (χ0n) is 9.34. The number of nitrogens with zero attached hydrogens (tertiary/aromatic N) is 4. The monoisotopic (exact) mass is 282 g/mol. The highest BCUT2D eigenvalue weighted by Crippen LogP contribution is 2.20. The van der Waals surface area contributed by atoms with Crippen LogP contribution in [0.3, 0.4) is 0 Å². The van der Waals surface area contributed by atoms with E-state index in [0.717, 1.165) is 0 Å². The first kappa shape index (κ1) is 12.7. The molecule has 5 nitrogen and oxygen atoms in total. The van der Waals surface area contributed by atoms with E-state index in [9.17, 15) is 4.79 Å². The van der Waals surface area contributed by atoms with Crippen LogP contribution < -0.4 is 4.90 Å². The molecule has 1 amide bonds. The molecular formula is C11H8Cl2N4O. The molecular weight excluding hydrogens is 275 g/mol. The van der Waals surface area contributed by atoms with Crippen molar-refractivity contribution in [3.8, 4) is 0 Å². The molecule has 0 aliphatic rings. The van der Waals surface area contributed by atoms with E-state index in [4.69, 9.17) is 23.2 Å². The molecule has 2 heterocycles. The average Bonchev–Trinajstić information content (AvgIpc) is 2.41. The van der Waals surface area contributed by atoms with Crippen LogP contribution in [0.2, 0.25) is 10.3 Å². The molecule has 7 heteroatoms. The van der Waals surface area contributed by atoms with Gasteiger partial charge in [0.15, 0.2) is 10.3 Å². The lowest BCUT2D eigenvalue weighted by Gasteiger charge is -2.17. The van der Waals surface area contributed by atoms with Gasteiger partial charge in [0.05, 0.1) is 5.56 Å². The molecule has 2 aromatic heterocycles. The second-order valence-corrected chi connectivity index (χ2v) is 4.19. The van der Waals surface area contributed by atoms with E-state index in [-0.39, 0.29) is 21.8 Å². The highest BCUT2D eigenvalue weighted by Gasteiger charge is 2.18. The molecule has 0 fully saturated rings. The van der Waals surface area contributed by atoms with Gasteiger partial charge in [-0.25, -0.2) is 0 Å². The molecule has 2 rings (SSSR count). The third kappa shape index (κ3) is 2.57. The summed E-state index contributed by atoms with van der Waals surface area (Å²) in [6, 6.07) is 4.81. The third-order valence-electron chi connectivity index (χ3n) is 2.30. The Hall–Kier alpha value is -1.72. The Kier molecular flexibility index (Phi) is 3.74. The van der Waals surface area contributed by atoms with E-state index in [1.54, 1.807) is 31.6 Å². The molecule has 0 radical (unpaired) electrons. The maximum Gasteiger partial charge on any atom is 0.261 e. The van der Waals surface area contributed by atoms with Gasteiger partial charge in [-0.1, -0.05) is 23.2 Å². The SMILES string of the molecule is CN(C(=O)c1cc(Cl)nnc1Cl)c1ccncc1. The standard InChI is InChI=1S/C11H8Cl2N4O/c1-17(7-2-4-14-5-3-7)11(18)8-6-9(12)15-16-10(8)13/h2-6H,1H3. The first-order valence-corrected chi connectivity index (χ1v) is 5.72. The van der Waals surface area contributed by atoms with Crippen LogP contribution in [0.4, 0.5) is 5.69 Å². The first-order valence-electron chi connectivity index (χ1n) is 4.96. The topological polar surface area (TPSA) is 59.0 Å². The number of hydrogen-bond donors (Lipinski definition) is 0. The zero-order valence-corrected chi connectivity index (χ0v) is 10.9. The van der Waals surface area contributed by atoms with Crippen molar-refractivity contribution in [3.05, 3.63) is 46.5 Å². The van der Waals surface area contributed by atoms with Crippen molar-refractivity contribution < 1.29 is 4.79 Å². The van der Waals surface area contributed by atoms with Gasteiger partial charge in [0, 0.05) is 25.1 Å². The van der Waals surface area contributed by atoms with Crippen molar-refractivity contribution in [3.63, 3.8) is 0 Å². The summed E-state index contributed by atoms with van der Waals surface area (Å²) in [6.45, 7) is 0. The van der Waals surface area contributed by atoms with Crippen molar-refractivity contribution in [2.75, 3.05) is 11.9 Å². The van der Waals surface area contributed by atoms with Crippen LogP contribution in [0.25, 0.3) is 0 Å². The maximum atomic E-state index is 12.2. The lowest BCUT2D eigenvalue weighted by molar-refractivity contribution is 0.0992. The molecule has 92 valence electrons. The van der Waals surface area contributed by atoms with E-state index in [1.165, 1.54) is 11.0 Å². The highest BCUT2D eigenvalue weighted by atomic mass is 35.5.